The van der Waals surface area contributed by atoms with Crippen LogP contribution in [0.2, 0.25) is 0 Å². The van der Waals surface area contributed by atoms with Gasteiger partial charge in [0.05, 0.1) is 0 Å². The molecule has 5 heteroatoms. The fourth-order valence-electron chi connectivity index (χ4n) is 1.74. The Bertz CT molecular complexity index is 424. The zero-order chi connectivity index (χ0) is 14.1. The van der Waals surface area contributed by atoms with Crippen molar-refractivity contribution in [3.63, 3.8) is 0 Å². The van der Waals surface area contributed by atoms with Crippen LogP contribution in [-0.2, 0) is 11.2 Å². The lowest BCUT2D eigenvalue weighted by molar-refractivity contribution is -0.132. The van der Waals surface area contributed by atoms with E-state index in [9.17, 15) is 4.79 Å². The van der Waals surface area contributed by atoms with E-state index >= 15 is 0 Å². The van der Waals surface area contributed by atoms with Gasteiger partial charge in [-0.15, -0.1) is 0 Å². The molecule has 0 aliphatic heterocycles. The zero-order valence-electron chi connectivity index (χ0n) is 11.7. The molecule has 1 aromatic rings. The molecule has 0 saturated heterocycles. The first-order valence-electron chi connectivity index (χ1n) is 6.87. The van der Waals surface area contributed by atoms with Crippen molar-refractivity contribution in [2.75, 3.05) is 0 Å². The summed E-state index contributed by atoms with van der Waals surface area (Å²) in [6.07, 6.45) is 9.48. The van der Waals surface area contributed by atoms with Gasteiger partial charge in [-0.05, 0) is 13.3 Å². The second kappa shape index (κ2) is 8.45. The molecule has 19 heavy (non-hydrogen) atoms. The largest absolute Gasteiger partial charge is 0.478 e. The van der Waals surface area contributed by atoms with Crippen LogP contribution in [0, 0.1) is 0 Å². The molecule has 1 N–H and O–H groups in total. The highest BCUT2D eigenvalue weighted by Crippen LogP contribution is 2.09. The minimum Gasteiger partial charge on any atom is -0.478 e. The Hall–Kier alpha value is -1.65. The van der Waals surface area contributed by atoms with Crippen molar-refractivity contribution in [1.82, 2.24) is 10.1 Å². The van der Waals surface area contributed by atoms with Gasteiger partial charge in [0.25, 0.3) is 5.89 Å². The zero-order valence-corrected chi connectivity index (χ0v) is 11.7. The topological polar surface area (TPSA) is 76.2 Å². The number of carbonyl (C=O) groups is 1. The fraction of sp³-hybridized carbons (Fsp3) is 0.643. The number of aryl methyl sites for hydroxylation is 1. The summed E-state index contributed by atoms with van der Waals surface area (Å²) in [6.45, 7) is 3.70. The number of hydrogen-bond donors (Lipinski definition) is 1. The molecule has 0 atom stereocenters. The van der Waals surface area contributed by atoms with Crippen LogP contribution in [0.3, 0.4) is 0 Å². The Morgan fingerprint density at radius 1 is 1.26 bits per heavy atom. The van der Waals surface area contributed by atoms with Gasteiger partial charge in [-0.2, -0.15) is 4.98 Å². The molecule has 1 heterocycles. The Morgan fingerprint density at radius 2 is 1.95 bits per heavy atom. The molecule has 0 unspecified atom stereocenters. The Kier molecular flexibility index (Phi) is 6.85. The molecule has 0 aromatic carbocycles. The van der Waals surface area contributed by atoms with Gasteiger partial charge in [0.1, 0.15) is 0 Å². The second-order valence-electron chi connectivity index (χ2n) is 4.70. The third-order valence-corrected chi connectivity index (χ3v) is 2.92. The minimum atomic E-state index is -0.976. The highest BCUT2D eigenvalue weighted by Gasteiger charge is 2.06. The summed E-state index contributed by atoms with van der Waals surface area (Å²) in [6, 6.07) is 0. The molecule has 0 aliphatic rings. The molecule has 0 radical (unpaired) electrons. The van der Waals surface area contributed by atoms with Crippen molar-refractivity contribution in [1.29, 1.82) is 0 Å². The summed E-state index contributed by atoms with van der Waals surface area (Å²) in [5.74, 6) is -0.0588. The van der Waals surface area contributed by atoms with E-state index < -0.39 is 5.97 Å². The van der Waals surface area contributed by atoms with Crippen LogP contribution < -0.4 is 0 Å². The number of unbranched alkanes of at least 4 members (excludes halogenated alkanes) is 5. The van der Waals surface area contributed by atoms with E-state index in [2.05, 4.69) is 17.1 Å². The maximum absolute atomic E-state index is 10.6. The number of carboxylic acid groups (broad SMARTS) is 1. The minimum absolute atomic E-state index is 0.190. The summed E-state index contributed by atoms with van der Waals surface area (Å²) in [5, 5.41) is 12.6. The molecule has 0 amide bonds. The number of nitrogens with zero attached hydrogens (tertiary/aromatic N) is 2. The van der Waals surface area contributed by atoms with Crippen LogP contribution in [0.1, 0.15) is 64.1 Å². The third-order valence-electron chi connectivity index (χ3n) is 2.92. The lowest BCUT2D eigenvalue weighted by atomic mass is 10.1. The number of hydrogen-bond acceptors (Lipinski definition) is 4. The van der Waals surface area contributed by atoms with Crippen LogP contribution in [0.5, 0.6) is 0 Å². The Labute approximate surface area is 113 Å². The molecule has 5 nitrogen and oxygen atoms in total. The smallest absolute Gasteiger partial charge is 0.331 e. The lowest BCUT2D eigenvalue weighted by Gasteiger charge is -1.97. The first-order valence-corrected chi connectivity index (χ1v) is 6.87. The average molecular weight is 266 g/mol. The van der Waals surface area contributed by atoms with Crippen molar-refractivity contribution < 1.29 is 14.4 Å². The first-order chi connectivity index (χ1) is 9.13. The van der Waals surface area contributed by atoms with Gasteiger partial charge < -0.3 is 9.63 Å². The highest BCUT2D eigenvalue weighted by atomic mass is 16.5. The first kappa shape index (κ1) is 15.4. The summed E-state index contributed by atoms with van der Waals surface area (Å²) in [4.78, 5) is 14.8. The van der Waals surface area contributed by atoms with Gasteiger partial charge in [0.15, 0.2) is 5.82 Å². The summed E-state index contributed by atoms with van der Waals surface area (Å²) in [7, 11) is 0. The monoisotopic (exact) mass is 266 g/mol. The van der Waals surface area contributed by atoms with E-state index in [4.69, 9.17) is 9.63 Å². The number of aromatic nitrogens is 2. The summed E-state index contributed by atoms with van der Waals surface area (Å²) < 4.78 is 4.98. The SMILES string of the molecule is CCCCCCCCc1noc(/C=C(\C)C(=O)O)n1. The predicted molar refractivity (Wildman–Crippen MR) is 72.7 cm³/mol. The van der Waals surface area contributed by atoms with E-state index in [1.54, 1.807) is 0 Å². The highest BCUT2D eigenvalue weighted by molar-refractivity contribution is 5.90. The fourth-order valence-corrected chi connectivity index (χ4v) is 1.74. The molecule has 1 aromatic heterocycles. The molecule has 0 spiro atoms. The van der Waals surface area contributed by atoms with E-state index in [0.717, 1.165) is 12.8 Å². The molecule has 1 rings (SSSR count). The normalized spacial score (nSPS) is 11.8. The quantitative estimate of drug-likeness (QED) is 0.547. The van der Waals surface area contributed by atoms with Crippen LogP contribution >= 0.6 is 0 Å². The van der Waals surface area contributed by atoms with Gasteiger partial charge in [0, 0.05) is 18.1 Å². The third kappa shape index (κ3) is 6.18. The van der Waals surface area contributed by atoms with Crippen LogP contribution in [-0.4, -0.2) is 21.2 Å². The summed E-state index contributed by atoms with van der Waals surface area (Å²) in [5.41, 5.74) is 0.190. The van der Waals surface area contributed by atoms with Crippen LogP contribution in [0.25, 0.3) is 6.08 Å². The lowest BCUT2D eigenvalue weighted by Crippen LogP contribution is -1.95. The maximum atomic E-state index is 10.6. The standard InChI is InChI=1S/C14H22N2O3/c1-3-4-5-6-7-8-9-12-15-13(19-16-12)10-11(2)14(17)18/h10H,3-9H2,1-2H3,(H,17,18)/b11-10+. The molecular weight excluding hydrogens is 244 g/mol. The van der Waals surface area contributed by atoms with Crippen LogP contribution in [0.4, 0.5) is 0 Å². The van der Waals surface area contributed by atoms with E-state index in [1.165, 1.54) is 45.1 Å². The molecule has 0 fully saturated rings. The Morgan fingerprint density at radius 3 is 2.63 bits per heavy atom. The van der Waals surface area contributed by atoms with E-state index in [-0.39, 0.29) is 11.5 Å². The predicted octanol–water partition coefficient (Wildman–Crippen LogP) is 3.46. The van der Waals surface area contributed by atoms with Gasteiger partial charge in [-0.25, -0.2) is 4.79 Å². The molecule has 0 aliphatic carbocycles. The van der Waals surface area contributed by atoms with Gasteiger partial charge >= 0.3 is 5.97 Å². The van der Waals surface area contributed by atoms with Gasteiger partial charge in [-0.3, -0.25) is 0 Å². The maximum Gasteiger partial charge on any atom is 0.331 e. The van der Waals surface area contributed by atoms with Gasteiger partial charge in [0.2, 0.25) is 0 Å². The van der Waals surface area contributed by atoms with Crippen LogP contribution in [0.15, 0.2) is 10.1 Å². The van der Waals surface area contributed by atoms with Crippen molar-refractivity contribution in [2.24, 2.45) is 0 Å². The molecule has 0 bridgehead atoms. The van der Waals surface area contributed by atoms with Crippen molar-refractivity contribution in [2.45, 2.75) is 58.8 Å². The average Bonchev–Trinajstić information content (AvgIpc) is 2.81. The van der Waals surface area contributed by atoms with E-state index in [0.29, 0.717) is 5.82 Å². The number of aliphatic carboxylic acids is 1. The van der Waals surface area contributed by atoms with E-state index in [1.807, 2.05) is 0 Å². The van der Waals surface area contributed by atoms with Crippen molar-refractivity contribution >= 4 is 12.0 Å². The van der Waals surface area contributed by atoms with Crippen molar-refractivity contribution in [3.05, 3.63) is 17.3 Å². The summed E-state index contributed by atoms with van der Waals surface area (Å²) >= 11 is 0. The molecule has 106 valence electrons. The van der Waals surface area contributed by atoms with Gasteiger partial charge in [-0.1, -0.05) is 44.2 Å². The Balaban J connectivity index is 2.31. The molecule has 0 saturated carbocycles. The van der Waals surface area contributed by atoms with Crippen molar-refractivity contribution in [3.8, 4) is 0 Å². The second-order valence-corrected chi connectivity index (χ2v) is 4.70. The number of carboxylic acids is 1. The molecular formula is C14H22N2O3. The number of rotatable bonds is 9.